The fourth-order valence-corrected chi connectivity index (χ4v) is 1.88. The van der Waals surface area contributed by atoms with Gasteiger partial charge in [-0.1, -0.05) is 30.3 Å². The van der Waals surface area contributed by atoms with Crippen molar-refractivity contribution >= 4 is 12.0 Å². The number of rotatable bonds is 6. The predicted molar refractivity (Wildman–Crippen MR) is 87.9 cm³/mol. The Morgan fingerprint density at radius 1 is 1.17 bits per heavy atom. The van der Waals surface area contributed by atoms with Crippen LogP contribution in [0.25, 0.3) is 0 Å². The van der Waals surface area contributed by atoms with Gasteiger partial charge in [0.25, 0.3) is 0 Å². The first-order chi connectivity index (χ1) is 10.7. The highest BCUT2D eigenvalue weighted by Crippen LogP contribution is 2.10. The quantitative estimate of drug-likeness (QED) is 0.842. The smallest absolute Gasteiger partial charge is 0.408 e. The van der Waals surface area contributed by atoms with Crippen LogP contribution in [0.3, 0.4) is 0 Å². The number of carbonyl (C=O) groups excluding carboxylic acids is 2. The van der Waals surface area contributed by atoms with E-state index in [4.69, 9.17) is 9.47 Å². The van der Waals surface area contributed by atoms with Gasteiger partial charge in [-0.25, -0.2) is 4.79 Å². The highest BCUT2D eigenvalue weighted by Gasteiger charge is 2.29. The van der Waals surface area contributed by atoms with Gasteiger partial charge in [0.1, 0.15) is 11.6 Å². The van der Waals surface area contributed by atoms with Crippen LogP contribution in [0.2, 0.25) is 0 Å². The molecule has 1 aromatic rings. The van der Waals surface area contributed by atoms with Crippen LogP contribution in [0.5, 0.6) is 0 Å². The zero-order valence-electron chi connectivity index (χ0n) is 14.4. The van der Waals surface area contributed by atoms with Crippen LogP contribution in [0.4, 0.5) is 4.79 Å². The minimum absolute atomic E-state index is 0.337. The van der Waals surface area contributed by atoms with E-state index in [0.717, 1.165) is 5.56 Å². The first-order valence-corrected chi connectivity index (χ1v) is 7.59. The summed E-state index contributed by atoms with van der Waals surface area (Å²) in [5.41, 5.74) is 0.359. The topological polar surface area (TPSA) is 76.7 Å². The van der Waals surface area contributed by atoms with E-state index in [0.29, 0.717) is 6.61 Å². The molecule has 0 radical (unpaired) electrons. The third-order valence-electron chi connectivity index (χ3n) is 3.03. The largest absolute Gasteiger partial charge is 0.444 e. The van der Waals surface area contributed by atoms with E-state index < -0.39 is 23.8 Å². The average molecular weight is 322 g/mol. The Morgan fingerprint density at radius 2 is 1.78 bits per heavy atom. The Morgan fingerprint density at radius 3 is 2.30 bits per heavy atom. The summed E-state index contributed by atoms with van der Waals surface area (Å²) in [6, 6.07) is 8.78. The number of alkyl carbamates (subject to hydrolysis) is 1. The van der Waals surface area contributed by atoms with Gasteiger partial charge < -0.3 is 20.1 Å². The van der Waals surface area contributed by atoms with Gasteiger partial charge in [-0.15, -0.1) is 0 Å². The summed E-state index contributed by atoms with van der Waals surface area (Å²) in [6.07, 6.45) is -1.16. The molecule has 6 heteroatoms. The molecule has 0 unspecified atom stereocenters. The molecule has 0 heterocycles. The molecular weight excluding hydrogens is 296 g/mol. The number of amides is 2. The molecular formula is C17H26N2O4. The molecule has 0 aliphatic rings. The maximum absolute atomic E-state index is 12.0. The van der Waals surface area contributed by atoms with Crippen LogP contribution in [0.1, 0.15) is 33.3 Å². The molecule has 0 fully saturated rings. The highest BCUT2D eigenvalue weighted by molar-refractivity contribution is 5.86. The van der Waals surface area contributed by atoms with Crippen LogP contribution in [-0.4, -0.2) is 36.8 Å². The SMILES string of the molecule is CNC(=O)[C@@H](NC(=O)OC(C)(C)C)[C@@H](C)OCc1ccccc1. The van der Waals surface area contributed by atoms with Crippen LogP contribution in [0, 0.1) is 0 Å². The Bertz CT molecular complexity index is 511. The predicted octanol–water partition coefficient (Wildman–Crippen LogP) is 2.23. The lowest BCUT2D eigenvalue weighted by molar-refractivity contribution is -0.126. The number of benzene rings is 1. The number of carbonyl (C=O) groups is 2. The van der Waals surface area contributed by atoms with Gasteiger partial charge in [0.05, 0.1) is 12.7 Å². The number of nitrogens with one attached hydrogen (secondary N) is 2. The van der Waals surface area contributed by atoms with Gasteiger partial charge in [0.15, 0.2) is 0 Å². The molecule has 2 amide bonds. The molecule has 0 saturated heterocycles. The second-order valence-corrected chi connectivity index (χ2v) is 6.24. The lowest BCUT2D eigenvalue weighted by Gasteiger charge is -2.26. The molecule has 0 saturated carbocycles. The number of ether oxygens (including phenoxy) is 2. The van der Waals surface area contributed by atoms with Gasteiger partial charge >= 0.3 is 6.09 Å². The molecule has 0 spiro atoms. The second kappa shape index (κ2) is 8.53. The Kier molecular flexibility index (Phi) is 7.03. The monoisotopic (exact) mass is 322 g/mol. The van der Waals surface area contributed by atoms with E-state index in [1.54, 1.807) is 27.7 Å². The van der Waals surface area contributed by atoms with Crippen molar-refractivity contribution in [1.29, 1.82) is 0 Å². The lowest BCUT2D eigenvalue weighted by atomic mass is 10.1. The Hall–Kier alpha value is -2.08. The average Bonchev–Trinajstić information content (AvgIpc) is 2.49. The summed E-state index contributed by atoms with van der Waals surface area (Å²) in [5, 5.41) is 5.09. The Labute approximate surface area is 137 Å². The van der Waals surface area contributed by atoms with Crippen molar-refractivity contribution in [3.8, 4) is 0 Å². The molecule has 2 atom stereocenters. The van der Waals surface area contributed by atoms with E-state index in [9.17, 15) is 9.59 Å². The summed E-state index contributed by atoms with van der Waals surface area (Å²) in [5.74, 6) is -0.337. The first-order valence-electron chi connectivity index (χ1n) is 7.59. The minimum Gasteiger partial charge on any atom is -0.444 e. The van der Waals surface area contributed by atoms with Crippen molar-refractivity contribution in [1.82, 2.24) is 10.6 Å². The van der Waals surface area contributed by atoms with Crippen LogP contribution < -0.4 is 10.6 Å². The number of hydrogen-bond donors (Lipinski definition) is 2. The molecule has 6 nitrogen and oxygen atoms in total. The van der Waals surface area contributed by atoms with E-state index in [2.05, 4.69) is 10.6 Å². The molecule has 2 N–H and O–H groups in total. The third kappa shape index (κ3) is 7.15. The molecule has 128 valence electrons. The van der Waals surface area contributed by atoms with Crippen molar-refractivity contribution in [3.05, 3.63) is 35.9 Å². The molecule has 0 aliphatic heterocycles. The van der Waals surface area contributed by atoms with E-state index >= 15 is 0 Å². The summed E-state index contributed by atoms with van der Waals surface area (Å²) in [6.45, 7) is 7.37. The normalized spacial score (nSPS) is 13.8. The standard InChI is InChI=1S/C17H26N2O4/c1-12(22-11-13-9-7-6-8-10-13)14(15(20)18-5)19-16(21)23-17(2,3)4/h6-10,12,14H,11H2,1-5H3,(H,18,20)(H,19,21)/t12-,14+/m1/s1. The minimum atomic E-state index is -0.835. The summed E-state index contributed by atoms with van der Waals surface area (Å²) in [7, 11) is 1.51. The number of hydrogen-bond acceptors (Lipinski definition) is 4. The highest BCUT2D eigenvalue weighted by atomic mass is 16.6. The van der Waals surface area contributed by atoms with Crippen molar-refractivity contribution < 1.29 is 19.1 Å². The third-order valence-corrected chi connectivity index (χ3v) is 3.03. The van der Waals surface area contributed by atoms with Crippen LogP contribution >= 0.6 is 0 Å². The van der Waals surface area contributed by atoms with Crippen molar-refractivity contribution in [2.24, 2.45) is 0 Å². The van der Waals surface area contributed by atoms with Crippen LogP contribution in [-0.2, 0) is 20.9 Å². The van der Waals surface area contributed by atoms with Gasteiger partial charge in [-0.2, -0.15) is 0 Å². The fourth-order valence-electron chi connectivity index (χ4n) is 1.88. The van der Waals surface area contributed by atoms with Gasteiger partial charge in [-0.05, 0) is 33.3 Å². The van der Waals surface area contributed by atoms with Crippen molar-refractivity contribution in [3.63, 3.8) is 0 Å². The van der Waals surface area contributed by atoms with E-state index in [1.165, 1.54) is 7.05 Å². The summed E-state index contributed by atoms with van der Waals surface area (Å²) < 4.78 is 10.9. The molecule has 0 bridgehead atoms. The zero-order chi connectivity index (χ0) is 17.5. The molecule has 1 rings (SSSR count). The maximum Gasteiger partial charge on any atom is 0.408 e. The second-order valence-electron chi connectivity index (χ2n) is 6.24. The number of likely N-dealkylation sites (N-methyl/N-ethyl adjacent to an activating group) is 1. The lowest BCUT2D eigenvalue weighted by Crippen LogP contribution is -2.53. The van der Waals surface area contributed by atoms with Crippen molar-refractivity contribution in [2.45, 2.75) is 52.0 Å². The molecule has 0 aromatic heterocycles. The van der Waals surface area contributed by atoms with E-state index in [1.807, 2.05) is 30.3 Å². The molecule has 0 aliphatic carbocycles. The fraction of sp³-hybridized carbons (Fsp3) is 0.529. The zero-order valence-corrected chi connectivity index (χ0v) is 14.4. The maximum atomic E-state index is 12.0. The first kappa shape index (κ1) is 19.0. The Balaban J connectivity index is 2.65. The van der Waals surface area contributed by atoms with E-state index in [-0.39, 0.29) is 5.91 Å². The van der Waals surface area contributed by atoms with Crippen molar-refractivity contribution in [2.75, 3.05) is 7.05 Å². The summed E-state index contributed by atoms with van der Waals surface area (Å²) >= 11 is 0. The van der Waals surface area contributed by atoms with Gasteiger partial charge in [0, 0.05) is 7.05 Å². The summed E-state index contributed by atoms with van der Waals surface area (Å²) in [4.78, 5) is 23.9. The van der Waals surface area contributed by atoms with Gasteiger partial charge in [0.2, 0.25) is 5.91 Å². The molecule has 1 aromatic carbocycles. The molecule has 23 heavy (non-hydrogen) atoms. The van der Waals surface area contributed by atoms with Crippen LogP contribution in [0.15, 0.2) is 30.3 Å². The van der Waals surface area contributed by atoms with Gasteiger partial charge in [-0.3, -0.25) is 4.79 Å².